The zero-order chi connectivity index (χ0) is 14.7. The van der Waals surface area contributed by atoms with Crippen LogP contribution in [0.5, 0.6) is 0 Å². The van der Waals surface area contributed by atoms with Crippen molar-refractivity contribution < 1.29 is 4.74 Å². The lowest BCUT2D eigenvalue weighted by atomic mass is 9.79. The van der Waals surface area contributed by atoms with Crippen molar-refractivity contribution in [2.45, 2.75) is 62.0 Å². The first-order valence-electron chi connectivity index (χ1n) is 8.35. The number of thioether (sulfide) groups is 1. The first kappa shape index (κ1) is 15.4. The van der Waals surface area contributed by atoms with Gasteiger partial charge in [0.2, 0.25) is 0 Å². The molecule has 1 spiro atoms. The van der Waals surface area contributed by atoms with E-state index in [2.05, 4.69) is 31.2 Å². The number of benzene rings is 1. The molecule has 1 aromatic rings. The molecule has 3 heteroatoms. The van der Waals surface area contributed by atoms with Crippen LogP contribution in [0.25, 0.3) is 0 Å². The summed E-state index contributed by atoms with van der Waals surface area (Å²) in [6.45, 7) is 3.08. The molecular formula is C18H27NOS. The summed E-state index contributed by atoms with van der Waals surface area (Å²) in [6, 6.07) is 9.04. The Hall–Kier alpha value is -0.510. The van der Waals surface area contributed by atoms with E-state index < -0.39 is 0 Å². The van der Waals surface area contributed by atoms with Crippen LogP contribution in [-0.4, -0.2) is 18.0 Å². The van der Waals surface area contributed by atoms with Crippen LogP contribution in [0.3, 0.4) is 0 Å². The molecule has 1 aliphatic carbocycles. The molecule has 2 aliphatic rings. The van der Waals surface area contributed by atoms with E-state index in [0.717, 1.165) is 25.2 Å². The largest absolute Gasteiger partial charge is 0.375 e. The van der Waals surface area contributed by atoms with E-state index in [1.54, 1.807) is 0 Å². The lowest BCUT2D eigenvalue weighted by Crippen LogP contribution is -2.40. The predicted molar refractivity (Wildman–Crippen MR) is 89.6 cm³/mol. The highest BCUT2D eigenvalue weighted by Crippen LogP contribution is 2.44. The van der Waals surface area contributed by atoms with Crippen LogP contribution in [-0.2, 0) is 4.74 Å². The fourth-order valence-electron chi connectivity index (χ4n) is 3.97. The molecule has 2 nitrogen and oxygen atoms in total. The van der Waals surface area contributed by atoms with Gasteiger partial charge in [-0.05, 0) is 55.1 Å². The van der Waals surface area contributed by atoms with Gasteiger partial charge in [-0.25, -0.2) is 0 Å². The second-order valence-electron chi connectivity index (χ2n) is 6.52. The van der Waals surface area contributed by atoms with E-state index in [1.165, 1.54) is 36.1 Å². The van der Waals surface area contributed by atoms with Crippen molar-refractivity contribution in [2.75, 3.05) is 12.4 Å². The first-order valence-corrected chi connectivity index (χ1v) is 9.33. The Morgan fingerprint density at radius 1 is 1.29 bits per heavy atom. The van der Waals surface area contributed by atoms with Gasteiger partial charge in [0.1, 0.15) is 0 Å². The fraction of sp³-hybridized carbons (Fsp3) is 0.667. The van der Waals surface area contributed by atoms with Gasteiger partial charge >= 0.3 is 0 Å². The first-order chi connectivity index (χ1) is 10.2. The van der Waals surface area contributed by atoms with Crippen molar-refractivity contribution in [3.05, 3.63) is 29.8 Å². The summed E-state index contributed by atoms with van der Waals surface area (Å²) < 4.78 is 6.13. The van der Waals surface area contributed by atoms with Crippen LogP contribution < -0.4 is 5.73 Å². The zero-order valence-corrected chi connectivity index (χ0v) is 13.8. The number of ether oxygens (including phenoxy) is 1. The Balaban J connectivity index is 1.67. The quantitative estimate of drug-likeness (QED) is 0.830. The van der Waals surface area contributed by atoms with Crippen molar-refractivity contribution in [3.63, 3.8) is 0 Å². The molecule has 2 fully saturated rings. The Kier molecular flexibility index (Phi) is 4.92. The number of nitrogens with two attached hydrogens (primary N) is 1. The molecule has 1 aliphatic heterocycles. The van der Waals surface area contributed by atoms with E-state index in [0.29, 0.717) is 5.92 Å². The third-order valence-corrected chi connectivity index (χ3v) is 6.02. The Bertz CT molecular complexity index is 453. The van der Waals surface area contributed by atoms with Gasteiger partial charge in [0.25, 0.3) is 0 Å². The summed E-state index contributed by atoms with van der Waals surface area (Å²) in [7, 11) is 0. The molecule has 2 atom stereocenters. The third kappa shape index (κ3) is 3.46. The molecule has 1 heterocycles. The molecule has 3 rings (SSSR count). The fourth-order valence-corrected chi connectivity index (χ4v) is 4.63. The van der Waals surface area contributed by atoms with Gasteiger partial charge in [-0.15, -0.1) is 11.8 Å². The van der Waals surface area contributed by atoms with Gasteiger partial charge in [0.05, 0.1) is 5.60 Å². The average molecular weight is 305 g/mol. The monoisotopic (exact) mass is 305 g/mol. The van der Waals surface area contributed by atoms with E-state index in [1.807, 2.05) is 11.8 Å². The van der Waals surface area contributed by atoms with Crippen LogP contribution in [0.15, 0.2) is 29.2 Å². The van der Waals surface area contributed by atoms with E-state index >= 15 is 0 Å². The van der Waals surface area contributed by atoms with Crippen LogP contribution in [0.1, 0.15) is 57.1 Å². The molecule has 116 valence electrons. The van der Waals surface area contributed by atoms with E-state index in [9.17, 15) is 0 Å². The summed E-state index contributed by atoms with van der Waals surface area (Å²) in [5, 5.41) is 0. The highest BCUT2D eigenvalue weighted by atomic mass is 32.2. The highest BCUT2D eigenvalue weighted by Gasteiger charge is 2.41. The minimum atomic E-state index is 0.159. The molecule has 2 unspecified atom stereocenters. The van der Waals surface area contributed by atoms with Crippen molar-refractivity contribution in [1.82, 2.24) is 0 Å². The maximum absolute atomic E-state index is 6.58. The Labute approximate surface area is 132 Å². The highest BCUT2D eigenvalue weighted by molar-refractivity contribution is 7.99. The molecule has 1 saturated heterocycles. The van der Waals surface area contributed by atoms with Gasteiger partial charge in [0.15, 0.2) is 0 Å². The standard InChI is InChI=1S/C18H27NOS/c1-2-21-16-7-5-14(6-8-16)17(19)15-9-12-20-18(13-15)10-3-4-11-18/h5-8,15,17H,2-4,9-13,19H2,1H3. The number of hydrogen-bond acceptors (Lipinski definition) is 3. The van der Waals surface area contributed by atoms with Crippen molar-refractivity contribution >= 4 is 11.8 Å². The summed E-state index contributed by atoms with van der Waals surface area (Å²) >= 11 is 1.89. The molecule has 0 amide bonds. The maximum atomic E-state index is 6.58. The molecule has 1 aromatic carbocycles. The molecule has 0 radical (unpaired) electrons. The second-order valence-corrected chi connectivity index (χ2v) is 7.86. The number of hydrogen-bond donors (Lipinski definition) is 1. The van der Waals surface area contributed by atoms with E-state index in [-0.39, 0.29) is 11.6 Å². The minimum absolute atomic E-state index is 0.159. The third-order valence-electron chi connectivity index (χ3n) is 5.13. The normalized spacial score (nSPS) is 26.1. The zero-order valence-electron chi connectivity index (χ0n) is 13.0. The summed E-state index contributed by atoms with van der Waals surface area (Å²) in [5.41, 5.74) is 8.04. The summed E-state index contributed by atoms with van der Waals surface area (Å²) in [6.07, 6.45) is 7.38. The molecule has 0 bridgehead atoms. The van der Waals surface area contributed by atoms with Gasteiger partial charge in [0, 0.05) is 17.5 Å². The SMILES string of the molecule is CCSc1ccc(C(N)C2CCOC3(CCCC3)C2)cc1. The van der Waals surface area contributed by atoms with Gasteiger partial charge in [-0.1, -0.05) is 31.9 Å². The van der Waals surface area contributed by atoms with Gasteiger partial charge in [-0.2, -0.15) is 0 Å². The molecule has 2 N–H and O–H groups in total. The van der Waals surface area contributed by atoms with Crippen LogP contribution in [0, 0.1) is 5.92 Å². The lowest BCUT2D eigenvalue weighted by molar-refractivity contribution is -0.0963. The summed E-state index contributed by atoms with van der Waals surface area (Å²) in [5.74, 6) is 1.69. The van der Waals surface area contributed by atoms with Gasteiger partial charge < -0.3 is 10.5 Å². The molecular weight excluding hydrogens is 278 g/mol. The Morgan fingerprint density at radius 3 is 2.67 bits per heavy atom. The predicted octanol–water partition coefficient (Wildman–Crippen LogP) is 4.54. The molecule has 0 aromatic heterocycles. The van der Waals surface area contributed by atoms with Crippen molar-refractivity contribution in [2.24, 2.45) is 11.7 Å². The summed E-state index contributed by atoms with van der Waals surface area (Å²) in [4.78, 5) is 1.34. The minimum Gasteiger partial charge on any atom is -0.375 e. The van der Waals surface area contributed by atoms with Crippen LogP contribution >= 0.6 is 11.8 Å². The van der Waals surface area contributed by atoms with Crippen LogP contribution in [0.2, 0.25) is 0 Å². The molecule has 21 heavy (non-hydrogen) atoms. The smallest absolute Gasteiger partial charge is 0.0685 e. The van der Waals surface area contributed by atoms with Crippen molar-refractivity contribution in [1.29, 1.82) is 0 Å². The Morgan fingerprint density at radius 2 is 2.00 bits per heavy atom. The van der Waals surface area contributed by atoms with E-state index in [4.69, 9.17) is 10.5 Å². The lowest BCUT2D eigenvalue weighted by Gasteiger charge is -2.40. The maximum Gasteiger partial charge on any atom is 0.0685 e. The average Bonchev–Trinajstić information content (AvgIpc) is 2.95. The topological polar surface area (TPSA) is 35.2 Å². The van der Waals surface area contributed by atoms with Crippen LogP contribution in [0.4, 0.5) is 0 Å². The van der Waals surface area contributed by atoms with Crippen molar-refractivity contribution in [3.8, 4) is 0 Å². The number of rotatable bonds is 4. The second kappa shape index (κ2) is 6.72. The van der Waals surface area contributed by atoms with Gasteiger partial charge in [-0.3, -0.25) is 0 Å². The molecule has 1 saturated carbocycles.